The van der Waals surface area contributed by atoms with Crippen LogP contribution in [0.2, 0.25) is 0 Å². The summed E-state index contributed by atoms with van der Waals surface area (Å²) in [5.74, 6) is 1.59. The Kier molecular flexibility index (Phi) is 4.96. The molecular weight excluding hydrogens is 390 g/mol. The Morgan fingerprint density at radius 3 is 2.26 bits per heavy atom. The number of benzene rings is 3. The Labute approximate surface area is 179 Å². The van der Waals surface area contributed by atoms with Gasteiger partial charge in [-0.1, -0.05) is 35.9 Å². The number of nitrogens with zero attached hydrogens (tertiary/aromatic N) is 2. The number of hydrogen-bond donors (Lipinski definition) is 1. The van der Waals surface area contributed by atoms with Crippen molar-refractivity contribution in [1.82, 2.24) is 15.5 Å². The molecule has 1 aliphatic heterocycles. The van der Waals surface area contributed by atoms with Crippen molar-refractivity contribution in [3.05, 3.63) is 89.5 Å². The predicted molar refractivity (Wildman–Crippen MR) is 117 cm³/mol. The van der Waals surface area contributed by atoms with E-state index in [9.17, 15) is 4.79 Å². The summed E-state index contributed by atoms with van der Waals surface area (Å²) in [5, 5.41) is 11.4. The molecule has 0 spiro atoms. The van der Waals surface area contributed by atoms with E-state index >= 15 is 0 Å². The standard InChI is InChI=1S/C25H21N3O3/c1-16-6-8-18(9-7-16)24-27-28-25(31-24)19-12-10-17(11-13-19)23(29)26-21-14-15-30-22-5-3-2-4-20(21)22/h2-13,21H,14-15H2,1H3,(H,26,29). The molecule has 3 aromatic carbocycles. The van der Waals surface area contributed by atoms with Gasteiger partial charge in [-0.15, -0.1) is 10.2 Å². The molecule has 154 valence electrons. The normalized spacial score (nSPS) is 15.1. The monoisotopic (exact) mass is 411 g/mol. The molecule has 0 aliphatic carbocycles. The van der Waals surface area contributed by atoms with Gasteiger partial charge in [0.1, 0.15) is 5.75 Å². The summed E-state index contributed by atoms with van der Waals surface area (Å²) in [6.07, 6.45) is 0.741. The zero-order chi connectivity index (χ0) is 21.2. The van der Waals surface area contributed by atoms with Crippen molar-refractivity contribution in [2.24, 2.45) is 0 Å². The van der Waals surface area contributed by atoms with Crippen molar-refractivity contribution in [3.8, 4) is 28.7 Å². The molecule has 6 heteroatoms. The van der Waals surface area contributed by atoms with Crippen molar-refractivity contribution in [2.45, 2.75) is 19.4 Å². The lowest BCUT2D eigenvalue weighted by atomic mass is 10.00. The molecule has 0 saturated carbocycles. The third-order valence-corrected chi connectivity index (χ3v) is 5.38. The first-order chi connectivity index (χ1) is 15.2. The molecule has 31 heavy (non-hydrogen) atoms. The van der Waals surface area contributed by atoms with E-state index in [1.165, 1.54) is 5.56 Å². The van der Waals surface area contributed by atoms with E-state index < -0.39 is 0 Å². The average Bonchev–Trinajstić information content (AvgIpc) is 3.30. The molecule has 1 aromatic heterocycles. The van der Waals surface area contributed by atoms with Gasteiger partial charge in [-0.25, -0.2) is 0 Å². The van der Waals surface area contributed by atoms with Gasteiger partial charge >= 0.3 is 0 Å². The fourth-order valence-corrected chi connectivity index (χ4v) is 3.65. The predicted octanol–water partition coefficient (Wildman–Crippen LogP) is 4.97. The molecule has 6 nitrogen and oxygen atoms in total. The maximum atomic E-state index is 12.8. The minimum atomic E-state index is -0.126. The minimum Gasteiger partial charge on any atom is -0.493 e. The second-order valence-corrected chi connectivity index (χ2v) is 7.56. The molecule has 1 N–H and O–H groups in total. The zero-order valence-electron chi connectivity index (χ0n) is 17.0. The first kappa shape index (κ1) is 19.1. The largest absolute Gasteiger partial charge is 0.493 e. The summed E-state index contributed by atoms with van der Waals surface area (Å²) >= 11 is 0. The van der Waals surface area contributed by atoms with Crippen LogP contribution in [0.4, 0.5) is 0 Å². The topological polar surface area (TPSA) is 77.2 Å². The van der Waals surface area contributed by atoms with Crippen LogP contribution in [0, 0.1) is 6.92 Å². The van der Waals surface area contributed by atoms with E-state index in [4.69, 9.17) is 9.15 Å². The van der Waals surface area contributed by atoms with E-state index in [2.05, 4.69) is 15.5 Å². The van der Waals surface area contributed by atoms with Gasteiger partial charge in [-0.05, 0) is 49.4 Å². The number of para-hydroxylation sites is 1. The van der Waals surface area contributed by atoms with E-state index in [-0.39, 0.29) is 11.9 Å². The number of aryl methyl sites for hydroxylation is 1. The first-order valence-corrected chi connectivity index (χ1v) is 10.2. The van der Waals surface area contributed by atoms with E-state index in [1.807, 2.05) is 67.6 Å². The zero-order valence-corrected chi connectivity index (χ0v) is 17.0. The number of aromatic nitrogens is 2. The van der Waals surface area contributed by atoms with Crippen LogP contribution in [0.1, 0.15) is 33.9 Å². The third kappa shape index (κ3) is 3.92. The number of carbonyl (C=O) groups is 1. The summed E-state index contributed by atoms with van der Waals surface area (Å²) in [6.45, 7) is 2.61. The first-order valence-electron chi connectivity index (χ1n) is 10.2. The molecule has 4 aromatic rings. The fourth-order valence-electron chi connectivity index (χ4n) is 3.65. The van der Waals surface area contributed by atoms with E-state index in [0.717, 1.165) is 28.9 Å². The van der Waals surface area contributed by atoms with Crippen LogP contribution in [-0.4, -0.2) is 22.7 Å². The molecule has 0 bridgehead atoms. The van der Waals surface area contributed by atoms with Gasteiger partial charge in [-0.2, -0.15) is 0 Å². The smallest absolute Gasteiger partial charge is 0.251 e. The number of hydrogen-bond acceptors (Lipinski definition) is 5. The van der Waals surface area contributed by atoms with E-state index in [1.54, 1.807) is 12.1 Å². The number of fused-ring (bicyclic) bond motifs is 1. The maximum absolute atomic E-state index is 12.8. The van der Waals surface area contributed by atoms with Crippen LogP contribution in [-0.2, 0) is 0 Å². The average molecular weight is 411 g/mol. The van der Waals surface area contributed by atoms with Crippen LogP contribution in [0.5, 0.6) is 5.75 Å². The SMILES string of the molecule is Cc1ccc(-c2nnc(-c3ccc(C(=O)NC4CCOc5ccccc54)cc3)o2)cc1. The molecule has 0 fully saturated rings. The summed E-state index contributed by atoms with van der Waals surface area (Å²) in [4.78, 5) is 12.8. The van der Waals surface area contributed by atoms with Gasteiger partial charge in [0.25, 0.3) is 5.91 Å². The molecule has 1 atom stereocenters. The number of amides is 1. The van der Waals surface area contributed by atoms with Gasteiger partial charge in [0.15, 0.2) is 0 Å². The molecule has 0 radical (unpaired) electrons. The fraction of sp³-hybridized carbons (Fsp3) is 0.160. The summed E-state index contributed by atoms with van der Waals surface area (Å²) in [5.41, 5.74) is 4.39. The molecule has 1 unspecified atom stereocenters. The number of ether oxygens (including phenoxy) is 1. The van der Waals surface area contributed by atoms with Crippen LogP contribution in [0.25, 0.3) is 22.9 Å². The van der Waals surface area contributed by atoms with Gasteiger partial charge in [-0.3, -0.25) is 4.79 Å². The van der Waals surface area contributed by atoms with Crippen molar-refractivity contribution in [2.75, 3.05) is 6.61 Å². The van der Waals surface area contributed by atoms with Crippen LogP contribution in [0.15, 0.2) is 77.2 Å². The summed E-state index contributed by atoms with van der Waals surface area (Å²) < 4.78 is 11.5. The Bertz CT molecular complexity index is 1210. The van der Waals surface area contributed by atoms with Crippen LogP contribution < -0.4 is 10.1 Å². The minimum absolute atomic E-state index is 0.0647. The van der Waals surface area contributed by atoms with Crippen molar-refractivity contribution in [3.63, 3.8) is 0 Å². The Hall–Kier alpha value is -3.93. The van der Waals surface area contributed by atoms with E-state index in [0.29, 0.717) is 24.0 Å². The number of nitrogens with one attached hydrogen (secondary N) is 1. The van der Waals surface area contributed by atoms with Crippen molar-refractivity contribution >= 4 is 5.91 Å². The van der Waals surface area contributed by atoms with Gasteiger partial charge < -0.3 is 14.5 Å². The van der Waals surface area contributed by atoms with Crippen molar-refractivity contribution in [1.29, 1.82) is 0 Å². The molecule has 0 saturated heterocycles. The molecule has 1 aliphatic rings. The highest BCUT2D eigenvalue weighted by Gasteiger charge is 2.23. The van der Waals surface area contributed by atoms with Crippen LogP contribution in [0.3, 0.4) is 0 Å². The third-order valence-electron chi connectivity index (χ3n) is 5.38. The van der Waals surface area contributed by atoms with Crippen molar-refractivity contribution < 1.29 is 13.9 Å². The van der Waals surface area contributed by atoms with Gasteiger partial charge in [0.2, 0.25) is 11.8 Å². The lowest BCUT2D eigenvalue weighted by Crippen LogP contribution is -2.32. The molecule has 2 heterocycles. The Balaban J connectivity index is 1.30. The molecular formula is C25H21N3O3. The Morgan fingerprint density at radius 2 is 1.55 bits per heavy atom. The van der Waals surface area contributed by atoms with Gasteiger partial charge in [0, 0.05) is 28.7 Å². The highest BCUT2D eigenvalue weighted by molar-refractivity contribution is 5.94. The lowest BCUT2D eigenvalue weighted by molar-refractivity contribution is 0.0925. The quantitative estimate of drug-likeness (QED) is 0.513. The second-order valence-electron chi connectivity index (χ2n) is 7.56. The highest BCUT2D eigenvalue weighted by Crippen LogP contribution is 2.32. The number of carbonyl (C=O) groups excluding carboxylic acids is 1. The molecule has 1 amide bonds. The number of rotatable bonds is 4. The summed E-state index contributed by atoms with van der Waals surface area (Å²) in [6, 6.07) is 22.8. The maximum Gasteiger partial charge on any atom is 0.251 e. The highest BCUT2D eigenvalue weighted by atomic mass is 16.5. The summed E-state index contributed by atoms with van der Waals surface area (Å²) in [7, 11) is 0. The van der Waals surface area contributed by atoms with Crippen LogP contribution >= 0.6 is 0 Å². The Morgan fingerprint density at radius 1 is 0.903 bits per heavy atom. The second kappa shape index (κ2) is 8.07. The lowest BCUT2D eigenvalue weighted by Gasteiger charge is -2.26. The molecule has 5 rings (SSSR count). The van der Waals surface area contributed by atoms with Gasteiger partial charge in [0.05, 0.1) is 12.6 Å².